The zero-order chi connectivity index (χ0) is 20.3. The summed E-state index contributed by atoms with van der Waals surface area (Å²) in [6, 6.07) is 13.1. The first-order chi connectivity index (χ1) is 13.4. The van der Waals surface area contributed by atoms with Gasteiger partial charge in [0.1, 0.15) is 12.4 Å². The zero-order valence-corrected chi connectivity index (χ0v) is 16.5. The minimum Gasteiger partial charge on any atom is -0.336 e. The first-order valence-electron chi connectivity index (χ1n) is 9.04. The number of amides is 2. The van der Waals surface area contributed by atoms with Crippen molar-refractivity contribution in [3.05, 3.63) is 70.5 Å². The van der Waals surface area contributed by atoms with Crippen LogP contribution in [0.5, 0.6) is 0 Å². The van der Waals surface area contributed by atoms with Crippen molar-refractivity contribution < 1.29 is 14.0 Å². The Morgan fingerprint density at radius 3 is 2.54 bits per heavy atom. The number of nitrogens with zero attached hydrogens (tertiary/aromatic N) is 3. The topological polar surface area (TPSA) is 53.0 Å². The average molecular weight is 402 g/mol. The third-order valence-corrected chi connectivity index (χ3v) is 4.96. The van der Waals surface area contributed by atoms with Crippen molar-refractivity contribution in [2.45, 2.75) is 25.8 Å². The van der Waals surface area contributed by atoms with Crippen molar-refractivity contribution in [3.8, 4) is 0 Å². The van der Waals surface area contributed by atoms with E-state index in [1.807, 2.05) is 12.1 Å². The molecule has 0 N–H and O–H groups in total. The summed E-state index contributed by atoms with van der Waals surface area (Å²) in [5, 5.41) is 6.36. The Hall–Kier alpha value is -2.73. The van der Waals surface area contributed by atoms with Crippen LogP contribution in [0.1, 0.15) is 36.9 Å². The maximum absolute atomic E-state index is 14.3. The second-order valence-corrected chi connectivity index (χ2v) is 7.08. The normalized spacial score (nSPS) is 16.1. The summed E-state index contributed by atoms with van der Waals surface area (Å²) < 4.78 is 14.3. The molecule has 1 heterocycles. The lowest BCUT2D eigenvalue weighted by atomic mass is 9.98. The second-order valence-electron chi connectivity index (χ2n) is 6.64. The molecular weight excluding hydrogens is 381 g/mol. The number of carbonyl (C=O) groups excluding carboxylic acids is 2. The molecule has 7 heteroatoms. The highest BCUT2D eigenvalue weighted by Crippen LogP contribution is 2.34. The summed E-state index contributed by atoms with van der Waals surface area (Å²) in [4.78, 5) is 26.1. The van der Waals surface area contributed by atoms with E-state index in [0.717, 1.165) is 5.56 Å². The molecule has 2 amide bonds. The minimum atomic E-state index is -0.385. The molecule has 5 nitrogen and oxygen atoms in total. The SMILES string of the molecule is CCC(=O)N(C)CC(=O)N1N=C(c2ccccc2F)CC1c1ccc(Cl)cc1. The fourth-order valence-corrected chi connectivity index (χ4v) is 3.30. The summed E-state index contributed by atoms with van der Waals surface area (Å²) in [5.74, 6) is -0.840. The van der Waals surface area contributed by atoms with Gasteiger partial charge in [-0.05, 0) is 23.8 Å². The van der Waals surface area contributed by atoms with Gasteiger partial charge >= 0.3 is 0 Å². The molecule has 0 saturated carbocycles. The maximum atomic E-state index is 14.3. The molecule has 0 radical (unpaired) electrons. The highest BCUT2D eigenvalue weighted by molar-refractivity contribution is 6.30. The van der Waals surface area contributed by atoms with E-state index >= 15 is 0 Å². The standard InChI is InChI=1S/C21H21ClFN3O2/c1-3-20(27)25(2)13-21(28)26-19(14-8-10-15(22)11-9-14)12-18(24-26)16-6-4-5-7-17(16)23/h4-11,19H,3,12-13H2,1-2H3. The molecule has 0 saturated heterocycles. The number of hydrogen-bond donors (Lipinski definition) is 0. The van der Waals surface area contributed by atoms with E-state index < -0.39 is 0 Å². The van der Waals surface area contributed by atoms with Crippen LogP contribution in [0.2, 0.25) is 5.02 Å². The molecule has 0 aliphatic carbocycles. The quantitative estimate of drug-likeness (QED) is 0.759. The lowest BCUT2D eigenvalue weighted by Crippen LogP contribution is -2.38. The summed E-state index contributed by atoms with van der Waals surface area (Å²) in [6.07, 6.45) is 0.688. The van der Waals surface area contributed by atoms with Crippen molar-refractivity contribution >= 4 is 29.1 Å². The molecule has 1 aliphatic rings. The Bertz CT molecular complexity index is 914. The molecule has 0 fully saturated rings. The van der Waals surface area contributed by atoms with Gasteiger partial charge in [-0.3, -0.25) is 9.59 Å². The molecule has 1 aliphatic heterocycles. The summed E-state index contributed by atoms with van der Waals surface area (Å²) in [5.41, 5.74) is 1.71. The van der Waals surface area contributed by atoms with E-state index in [1.165, 1.54) is 16.0 Å². The summed E-state index contributed by atoms with van der Waals surface area (Å²) >= 11 is 5.98. The molecule has 0 spiro atoms. The fraction of sp³-hybridized carbons (Fsp3) is 0.286. The number of rotatable bonds is 5. The lowest BCUT2D eigenvalue weighted by molar-refractivity contribution is -0.140. The van der Waals surface area contributed by atoms with E-state index in [2.05, 4.69) is 5.10 Å². The number of halogens is 2. The van der Waals surface area contributed by atoms with Crippen molar-refractivity contribution in [2.24, 2.45) is 5.10 Å². The van der Waals surface area contributed by atoms with Gasteiger partial charge in [0.05, 0.1) is 11.8 Å². The van der Waals surface area contributed by atoms with Crippen LogP contribution in [0.3, 0.4) is 0 Å². The van der Waals surface area contributed by atoms with Crippen molar-refractivity contribution in [1.82, 2.24) is 9.91 Å². The highest BCUT2D eigenvalue weighted by atomic mass is 35.5. The predicted molar refractivity (Wildman–Crippen MR) is 107 cm³/mol. The molecular formula is C21H21ClFN3O2. The lowest BCUT2D eigenvalue weighted by Gasteiger charge is -2.24. The van der Waals surface area contributed by atoms with Crippen LogP contribution in [0.4, 0.5) is 4.39 Å². The molecule has 2 aromatic rings. The molecule has 1 atom stereocenters. The first-order valence-corrected chi connectivity index (χ1v) is 9.42. The van der Waals surface area contributed by atoms with Gasteiger partial charge in [-0.25, -0.2) is 9.40 Å². The Kier molecular flexibility index (Phi) is 6.09. The van der Waals surface area contributed by atoms with E-state index in [-0.39, 0.29) is 30.2 Å². The minimum absolute atomic E-state index is 0.0924. The van der Waals surface area contributed by atoms with Gasteiger partial charge in [-0.15, -0.1) is 0 Å². The van der Waals surface area contributed by atoms with Gasteiger partial charge in [-0.1, -0.05) is 48.9 Å². The van der Waals surface area contributed by atoms with Gasteiger partial charge in [0.25, 0.3) is 5.91 Å². The van der Waals surface area contributed by atoms with E-state index in [1.54, 1.807) is 44.3 Å². The molecule has 2 aromatic carbocycles. The third kappa shape index (κ3) is 4.22. The third-order valence-electron chi connectivity index (χ3n) is 4.71. The van der Waals surface area contributed by atoms with Crippen LogP contribution in [0, 0.1) is 5.82 Å². The predicted octanol–water partition coefficient (Wildman–Crippen LogP) is 4.03. The van der Waals surface area contributed by atoms with E-state index in [0.29, 0.717) is 29.1 Å². The summed E-state index contributed by atoms with van der Waals surface area (Å²) in [7, 11) is 1.58. The Morgan fingerprint density at radius 2 is 1.89 bits per heavy atom. The number of benzene rings is 2. The largest absolute Gasteiger partial charge is 0.336 e. The molecule has 28 heavy (non-hydrogen) atoms. The number of likely N-dealkylation sites (N-methyl/N-ethyl adjacent to an activating group) is 1. The van der Waals surface area contributed by atoms with Crippen LogP contribution >= 0.6 is 11.6 Å². The summed E-state index contributed by atoms with van der Waals surface area (Å²) in [6.45, 7) is 1.65. The van der Waals surface area contributed by atoms with Crippen LogP contribution in [0.15, 0.2) is 53.6 Å². The van der Waals surface area contributed by atoms with E-state index in [4.69, 9.17) is 11.6 Å². The van der Waals surface area contributed by atoms with Gasteiger partial charge in [0.15, 0.2) is 0 Å². The van der Waals surface area contributed by atoms with Crippen LogP contribution in [0.25, 0.3) is 0 Å². The Balaban J connectivity index is 1.92. The number of hydrazone groups is 1. The molecule has 0 aromatic heterocycles. The van der Waals surface area contributed by atoms with Crippen molar-refractivity contribution in [2.75, 3.05) is 13.6 Å². The first kappa shape index (κ1) is 20.0. The molecule has 0 bridgehead atoms. The van der Waals surface area contributed by atoms with Gasteiger partial charge < -0.3 is 4.90 Å². The average Bonchev–Trinajstić information content (AvgIpc) is 3.13. The number of carbonyl (C=O) groups is 2. The smallest absolute Gasteiger partial charge is 0.262 e. The maximum Gasteiger partial charge on any atom is 0.262 e. The molecule has 146 valence electrons. The van der Waals surface area contributed by atoms with E-state index in [9.17, 15) is 14.0 Å². The van der Waals surface area contributed by atoms with Crippen LogP contribution in [-0.2, 0) is 9.59 Å². The van der Waals surface area contributed by atoms with Crippen molar-refractivity contribution in [1.29, 1.82) is 0 Å². The second kappa shape index (κ2) is 8.52. The van der Waals surface area contributed by atoms with Crippen LogP contribution < -0.4 is 0 Å². The number of hydrogen-bond acceptors (Lipinski definition) is 3. The van der Waals surface area contributed by atoms with Gasteiger partial charge in [0.2, 0.25) is 5.91 Å². The van der Waals surface area contributed by atoms with Gasteiger partial charge in [-0.2, -0.15) is 5.10 Å². The van der Waals surface area contributed by atoms with Crippen molar-refractivity contribution in [3.63, 3.8) is 0 Å². The Morgan fingerprint density at radius 1 is 1.21 bits per heavy atom. The highest BCUT2D eigenvalue weighted by Gasteiger charge is 2.34. The van der Waals surface area contributed by atoms with Gasteiger partial charge in [0, 0.05) is 30.5 Å². The Labute approximate surface area is 168 Å². The monoisotopic (exact) mass is 401 g/mol. The zero-order valence-electron chi connectivity index (χ0n) is 15.7. The fourth-order valence-electron chi connectivity index (χ4n) is 3.18. The molecule has 3 rings (SSSR count). The van der Waals surface area contributed by atoms with Crippen LogP contribution in [-0.4, -0.2) is 41.0 Å². The molecule has 1 unspecified atom stereocenters.